The Kier molecular flexibility index (Phi) is 10.1. The SMILES string of the molecule is CN=C(NCCCCSC)NC(C)CCS(C)(=O)=O. The zero-order valence-electron chi connectivity index (χ0n) is 12.4. The van der Waals surface area contributed by atoms with Gasteiger partial charge in [-0.15, -0.1) is 0 Å². The summed E-state index contributed by atoms with van der Waals surface area (Å²) in [6, 6.07) is 0.0899. The molecule has 0 spiro atoms. The number of nitrogens with zero attached hydrogens (tertiary/aromatic N) is 1. The first kappa shape index (κ1) is 18.6. The van der Waals surface area contributed by atoms with Crippen molar-refractivity contribution in [3.05, 3.63) is 0 Å². The molecule has 0 aliphatic carbocycles. The zero-order valence-corrected chi connectivity index (χ0v) is 14.0. The lowest BCUT2D eigenvalue weighted by Crippen LogP contribution is -2.43. The summed E-state index contributed by atoms with van der Waals surface area (Å²) in [5.74, 6) is 2.12. The summed E-state index contributed by atoms with van der Waals surface area (Å²) >= 11 is 1.86. The summed E-state index contributed by atoms with van der Waals surface area (Å²) in [4.78, 5) is 4.13. The van der Waals surface area contributed by atoms with Crippen LogP contribution in [0.3, 0.4) is 0 Å². The number of rotatable bonds is 9. The summed E-state index contributed by atoms with van der Waals surface area (Å²) in [7, 11) is -1.17. The van der Waals surface area contributed by atoms with E-state index in [1.807, 2.05) is 18.7 Å². The van der Waals surface area contributed by atoms with Crippen molar-refractivity contribution in [3.63, 3.8) is 0 Å². The second-order valence-electron chi connectivity index (χ2n) is 4.66. The van der Waals surface area contributed by atoms with Crippen molar-refractivity contribution in [1.82, 2.24) is 10.6 Å². The molecule has 1 unspecified atom stereocenters. The molecule has 0 aliphatic rings. The molecule has 19 heavy (non-hydrogen) atoms. The van der Waals surface area contributed by atoms with Crippen LogP contribution in [0.1, 0.15) is 26.2 Å². The van der Waals surface area contributed by atoms with Gasteiger partial charge in [0.05, 0.1) is 5.75 Å². The Morgan fingerprint density at radius 1 is 1.37 bits per heavy atom. The van der Waals surface area contributed by atoms with Crippen molar-refractivity contribution in [2.45, 2.75) is 32.2 Å². The van der Waals surface area contributed by atoms with E-state index in [1.165, 1.54) is 18.4 Å². The molecule has 0 saturated heterocycles. The average molecular weight is 310 g/mol. The van der Waals surface area contributed by atoms with Crippen LogP contribution in [0, 0.1) is 0 Å². The Balaban J connectivity index is 3.86. The van der Waals surface area contributed by atoms with Crippen LogP contribution in [0.4, 0.5) is 0 Å². The molecule has 0 heterocycles. The Hall–Kier alpha value is -0.430. The molecule has 5 nitrogen and oxygen atoms in total. The van der Waals surface area contributed by atoms with Crippen LogP contribution < -0.4 is 10.6 Å². The monoisotopic (exact) mass is 309 g/mol. The molecule has 2 N–H and O–H groups in total. The van der Waals surface area contributed by atoms with Gasteiger partial charge in [-0.2, -0.15) is 11.8 Å². The molecule has 0 aromatic carbocycles. The number of guanidine groups is 1. The van der Waals surface area contributed by atoms with Gasteiger partial charge in [0.15, 0.2) is 5.96 Å². The van der Waals surface area contributed by atoms with Crippen LogP contribution in [0.5, 0.6) is 0 Å². The van der Waals surface area contributed by atoms with Gasteiger partial charge < -0.3 is 10.6 Å². The predicted octanol–water partition coefficient (Wildman–Crippen LogP) is 1.12. The summed E-state index contributed by atoms with van der Waals surface area (Å²) < 4.78 is 22.2. The Morgan fingerprint density at radius 2 is 2.05 bits per heavy atom. The fourth-order valence-corrected chi connectivity index (χ4v) is 2.74. The number of hydrogen-bond acceptors (Lipinski definition) is 4. The van der Waals surface area contributed by atoms with Crippen molar-refractivity contribution >= 4 is 27.6 Å². The normalized spacial score (nSPS) is 14.2. The van der Waals surface area contributed by atoms with Crippen molar-refractivity contribution in [2.75, 3.05) is 37.6 Å². The molecule has 0 saturated carbocycles. The molecule has 0 amide bonds. The van der Waals surface area contributed by atoms with E-state index in [-0.39, 0.29) is 11.8 Å². The summed E-state index contributed by atoms with van der Waals surface area (Å²) in [6.07, 6.45) is 6.26. The lowest BCUT2D eigenvalue weighted by molar-refractivity contribution is 0.580. The summed E-state index contributed by atoms with van der Waals surface area (Å²) in [5.41, 5.74) is 0. The molecular weight excluding hydrogens is 282 g/mol. The minimum atomic E-state index is -2.89. The summed E-state index contributed by atoms with van der Waals surface area (Å²) in [6.45, 7) is 2.85. The maximum absolute atomic E-state index is 11.1. The fourth-order valence-electron chi connectivity index (χ4n) is 1.47. The van der Waals surface area contributed by atoms with E-state index >= 15 is 0 Å². The van der Waals surface area contributed by atoms with Gasteiger partial charge in [0, 0.05) is 25.9 Å². The first-order valence-electron chi connectivity index (χ1n) is 6.53. The van der Waals surface area contributed by atoms with E-state index < -0.39 is 9.84 Å². The van der Waals surface area contributed by atoms with Gasteiger partial charge in [0.1, 0.15) is 9.84 Å². The molecule has 0 rings (SSSR count). The molecule has 0 aliphatic heterocycles. The van der Waals surface area contributed by atoms with Crippen molar-refractivity contribution in [2.24, 2.45) is 4.99 Å². The third kappa shape index (κ3) is 12.4. The van der Waals surface area contributed by atoms with Gasteiger partial charge in [0.25, 0.3) is 0 Å². The number of thioether (sulfide) groups is 1. The molecule has 0 aromatic heterocycles. The third-order valence-corrected chi connectivity index (χ3v) is 4.27. The molecule has 0 radical (unpaired) electrons. The Bertz CT molecular complexity index is 356. The fraction of sp³-hybridized carbons (Fsp3) is 0.917. The van der Waals surface area contributed by atoms with Crippen LogP contribution in [0.2, 0.25) is 0 Å². The number of aliphatic imine (C=N–C) groups is 1. The number of sulfone groups is 1. The molecule has 0 fully saturated rings. The van der Waals surface area contributed by atoms with Crippen LogP contribution in [0.25, 0.3) is 0 Å². The van der Waals surface area contributed by atoms with Crippen LogP contribution in [0.15, 0.2) is 4.99 Å². The number of hydrogen-bond donors (Lipinski definition) is 2. The highest BCUT2D eigenvalue weighted by atomic mass is 32.2. The summed E-state index contributed by atoms with van der Waals surface area (Å²) in [5, 5.41) is 6.44. The van der Waals surface area contributed by atoms with Crippen LogP contribution >= 0.6 is 11.8 Å². The highest BCUT2D eigenvalue weighted by molar-refractivity contribution is 7.98. The van der Waals surface area contributed by atoms with Crippen LogP contribution in [-0.2, 0) is 9.84 Å². The van der Waals surface area contributed by atoms with E-state index in [0.29, 0.717) is 6.42 Å². The first-order valence-corrected chi connectivity index (χ1v) is 9.98. The van der Waals surface area contributed by atoms with Crippen molar-refractivity contribution in [1.29, 1.82) is 0 Å². The van der Waals surface area contributed by atoms with Gasteiger partial charge in [-0.25, -0.2) is 8.42 Å². The number of nitrogens with one attached hydrogen (secondary N) is 2. The van der Waals surface area contributed by atoms with Gasteiger partial charge in [-0.05, 0) is 38.2 Å². The van der Waals surface area contributed by atoms with Gasteiger partial charge in [-0.1, -0.05) is 0 Å². The largest absolute Gasteiger partial charge is 0.356 e. The molecule has 1 atom stereocenters. The van der Waals surface area contributed by atoms with Gasteiger partial charge >= 0.3 is 0 Å². The molecule has 114 valence electrons. The van der Waals surface area contributed by atoms with Crippen molar-refractivity contribution < 1.29 is 8.42 Å². The van der Waals surface area contributed by atoms with E-state index in [9.17, 15) is 8.42 Å². The average Bonchev–Trinajstić information content (AvgIpc) is 2.34. The molecule has 0 bridgehead atoms. The second-order valence-corrected chi connectivity index (χ2v) is 7.91. The lowest BCUT2D eigenvalue weighted by atomic mass is 10.3. The van der Waals surface area contributed by atoms with Gasteiger partial charge in [-0.3, -0.25) is 4.99 Å². The minimum Gasteiger partial charge on any atom is -0.356 e. The second kappa shape index (κ2) is 10.4. The van der Waals surface area contributed by atoms with Crippen LogP contribution in [-0.4, -0.2) is 58.0 Å². The smallest absolute Gasteiger partial charge is 0.191 e. The molecule has 0 aromatic rings. The first-order chi connectivity index (χ1) is 8.89. The third-order valence-electron chi connectivity index (χ3n) is 2.60. The zero-order chi connectivity index (χ0) is 14.7. The van der Waals surface area contributed by atoms with E-state index in [2.05, 4.69) is 21.9 Å². The minimum absolute atomic E-state index is 0.0899. The Labute approximate surface area is 121 Å². The van der Waals surface area contributed by atoms with E-state index in [1.54, 1.807) is 7.05 Å². The topological polar surface area (TPSA) is 70.6 Å². The van der Waals surface area contributed by atoms with E-state index in [0.717, 1.165) is 18.9 Å². The lowest BCUT2D eigenvalue weighted by Gasteiger charge is -2.17. The molecule has 7 heteroatoms. The standard InChI is InChI=1S/C12H27N3O2S2/c1-11(7-10-19(4,16)17)15-12(13-2)14-8-5-6-9-18-3/h11H,5-10H2,1-4H3,(H2,13,14,15). The maximum Gasteiger partial charge on any atom is 0.191 e. The van der Waals surface area contributed by atoms with E-state index in [4.69, 9.17) is 0 Å². The highest BCUT2D eigenvalue weighted by Crippen LogP contribution is 1.98. The maximum atomic E-state index is 11.1. The Morgan fingerprint density at radius 3 is 2.58 bits per heavy atom. The predicted molar refractivity (Wildman–Crippen MR) is 85.9 cm³/mol. The quantitative estimate of drug-likeness (QED) is 0.379. The van der Waals surface area contributed by atoms with Crippen molar-refractivity contribution in [3.8, 4) is 0 Å². The molecular formula is C12H27N3O2S2. The highest BCUT2D eigenvalue weighted by Gasteiger charge is 2.09. The van der Waals surface area contributed by atoms with Gasteiger partial charge in [0.2, 0.25) is 0 Å². The number of unbranched alkanes of at least 4 members (excludes halogenated alkanes) is 1.